The van der Waals surface area contributed by atoms with Gasteiger partial charge in [0.25, 0.3) is 5.91 Å². The number of carboxylic acids is 1. The summed E-state index contributed by atoms with van der Waals surface area (Å²) in [5.41, 5.74) is 8.01. The lowest BCUT2D eigenvalue weighted by atomic mass is 9.98. The second kappa shape index (κ2) is 12.2. The molecule has 0 saturated heterocycles. The van der Waals surface area contributed by atoms with Gasteiger partial charge < -0.3 is 23.7 Å². The number of carbonyl (C=O) groups excluding carboxylic acids is 1. The van der Waals surface area contributed by atoms with E-state index in [-0.39, 0.29) is 24.3 Å². The topological polar surface area (TPSA) is 103 Å². The fraction of sp³-hybridized carbons (Fsp3) is 0.343. The molecule has 11 heteroatoms. The van der Waals surface area contributed by atoms with Crippen molar-refractivity contribution in [1.29, 1.82) is 0 Å². The van der Waals surface area contributed by atoms with Crippen LogP contribution in [-0.2, 0) is 26.6 Å². The third-order valence-corrected chi connectivity index (χ3v) is 9.84. The molecule has 0 spiro atoms. The van der Waals surface area contributed by atoms with E-state index in [9.17, 15) is 14.7 Å². The van der Waals surface area contributed by atoms with Crippen molar-refractivity contribution in [2.75, 3.05) is 6.61 Å². The van der Waals surface area contributed by atoms with Gasteiger partial charge in [-0.1, -0.05) is 29.3 Å². The molecular weight excluding hydrogens is 627 g/mol. The predicted octanol–water partition coefficient (Wildman–Crippen LogP) is 7.93. The molecule has 0 radical (unpaired) electrons. The molecule has 1 aliphatic heterocycles. The number of carbonyl (C=O) groups is 2. The molecule has 2 aromatic carbocycles. The maximum Gasteiger partial charge on any atom is 0.371 e. The molecular formula is C35H36Cl2N4O5. The summed E-state index contributed by atoms with van der Waals surface area (Å²) in [5, 5.41) is 16.3. The van der Waals surface area contributed by atoms with Crippen LogP contribution in [0.5, 0.6) is 5.75 Å². The number of fused-ring (bicyclic) bond motifs is 3. The zero-order valence-electron chi connectivity index (χ0n) is 26.7. The minimum atomic E-state index is -1.15. The van der Waals surface area contributed by atoms with Gasteiger partial charge in [-0.25, -0.2) is 4.79 Å². The lowest BCUT2D eigenvalue weighted by Crippen LogP contribution is -2.46. The van der Waals surface area contributed by atoms with Gasteiger partial charge in [-0.05, 0) is 94.5 Å². The quantitative estimate of drug-likeness (QED) is 0.161. The normalized spacial score (nSPS) is 14.7. The number of hydrogen-bond acceptors (Lipinski definition) is 5. The number of amides is 1. The SMILES string of the molecule is Cc1cc(OCCCc2c3n(c4c(-c5c(C)nn(C)c5C)c(Cl)ccc24)C[C@@H](C)N(Cc2ccc(C(=O)O)o2)C3=O)cc(C)c1Cl. The number of furan rings is 1. The minimum Gasteiger partial charge on any atom is -0.494 e. The summed E-state index contributed by atoms with van der Waals surface area (Å²) in [7, 11) is 1.91. The monoisotopic (exact) mass is 662 g/mol. The Hall–Kier alpha value is -4.21. The Morgan fingerprint density at radius 2 is 1.80 bits per heavy atom. The van der Waals surface area contributed by atoms with Gasteiger partial charge in [0.1, 0.15) is 17.2 Å². The second-order valence-electron chi connectivity index (χ2n) is 12.1. The number of carboxylic acid groups (broad SMARTS) is 1. The van der Waals surface area contributed by atoms with E-state index in [1.165, 1.54) is 6.07 Å². The number of benzene rings is 2. The first-order valence-corrected chi connectivity index (χ1v) is 16.0. The van der Waals surface area contributed by atoms with Crippen LogP contribution in [0.2, 0.25) is 10.0 Å². The van der Waals surface area contributed by atoms with Crippen LogP contribution in [0.15, 0.2) is 40.8 Å². The second-order valence-corrected chi connectivity index (χ2v) is 12.9. The highest BCUT2D eigenvalue weighted by atomic mass is 35.5. The van der Waals surface area contributed by atoms with Crippen LogP contribution in [0.1, 0.15) is 68.2 Å². The molecule has 1 atom stereocenters. The van der Waals surface area contributed by atoms with Gasteiger partial charge in [0.05, 0.1) is 29.4 Å². The minimum absolute atomic E-state index is 0.148. The van der Waals surface area contributed by atoms with E-state index in [0.717, 1.165) is 60.9 Å². The predicted molar refractivity (Wildman–Crippen MR) is 178 cm³/mol. The van der Waals surface area contributed by atoms with Crippen molar-refractivity contribution in [3.63, 3.8) is 0 Å². The fourth-order valence-electron chi connectivity index (χ4n) is 6.65. The van der Waals surface area contributed by atoms with Gasteiger partial charge in [-0.2, -0.15) is 5.10 Å². The summed E-state index contributed by atoms with van der Waals surface area (Å²) in [5.74, 6) is -0.284. The lowest BCUT2D eigenvalue weighted by molar-refractivity contribution is 0.0575. The van der Waals surface area contributed by atoms with Gasteiger partial charge in [-0.3, -0.25) is 9.48 Å². The molecule has 1 aliphatic rings. The molecule has 46 heavy (non-hydrogen) atoms. The molecule has 240 valence electrons. The van der Waals surface area contributed by atoms with Crippen molar-refractivity contribution in [1.82, 2.24) is 19.2 Å². The smallest absolute Gasteiger partial charge is 0.371 e. The summed E-state index contributed by atoms with van der Waals surface area (Å²) >= 11 is 13.3. The zero-order chi connectivity index (χ0) is 33.0. The summed E-state index contributed by atoms with van der Waals surface area (Å²) in [6.45, 7) is 11.0. The summed E-state index contributed by atoms with van der Waals surface area (Å²) in [6, 6.07) is 10.6. The first-order valence-electron chi connectivity index (χ1n) is 15.2. The molecule has 5 aromatic rings. The van der Waals surface area contributed by atoms with Gasteiger partial charge >= 0.3 is 5.97 Å². The van der Waals surface area contributed by atoms with Crippen LogP contribution >= 0.6 is 23.2 Å². The van der Waals surface area contributed by atoms with E-state index in [0.29, 0.717) is 42.5 Å². The Morgan fingerprint density at radius 1 is 1.09 bits per heavy atom. The maximum absolute atomic E-state index is 14.4. The molecule has 1 amide bonds. The number of aromatic nitrogens is 3. The number of halogens is 2. The van der Waals surface area contributed by atoms with Crippen molar-refractivity contribution >= 4 is 46.0 Å². The number of ether oxygens (including phenoxy) is 1. The highest BCUT2D eigenvalue weighted by Gasteiger charge is 2.36. The number of hydrogen-bond donors (Lipinski definition) is 1. The van der Waals surface area contributed by atoms with Crippen LogP contribution in [-0.4, -0.2) is 48.9 Å². The largest absolute Gasteiger partial charge is 0.494 e. The third-order valence-electron chi connectivity index (χ3n) is 8.93. The fourth-order valence-corrected chi connectivity index (χ4v) is 7.00. The zero-order valence-corrected chi connectivity index (χ0v) is 28.2. The summed E-state index contributed by atoms with van der Waals surface area (Å²) in [6.07, 6.45) is 1.26. The third kappa shape index (κ3) is 5.45. The lowest BCUT2D eigenvalue weighted by Gasteiger charge is -2.35. The van der Waals surface area contributed by atoms with Crippen molar-refractivity contribution in [3.8, 4) is 16.9 Å². The Labute approximate surface area is 277 Å². The molecule has 0 unspecified atom stereocenters. The van der Waals surface area contributed by atoms with Crippen molar-refractivity contribution in [3.05, 3.63) is 91.7 Å². The van der Waals surface area contributed by atoms with E-state index >= 15 is 0 Å². The van der Waals surface area contributed by atoms with Crippen LogP contribution in [0.4, 0.5) is 0 Å². The van der Waals surface area contributed by atoms with E-state index in [1.54, 1.807) is 11.0 Å². The molecule has 0 fully saturated rings. The Kier molecular flexibility index (Phi) is 8.42. The Morgan fingerprint density at radius 3 is 2.43 bits per heavy atom. The van der Waals surface area contributed by atoms with Crippen molar-refractivity contribution in [2.24, 2.45) is 7.05 Å². The highest BCUT2D eigenvalue weighted by Crippen LogP contribution is 2.43. The molecule has 1 N–H and O–H groups in total. The standard InChI is InChI=1S/C35H36Cl2N4O5/c1-18-14-24(15-19(2)31(18)37)45-13-7-8-25-26-10-11-27(36)30(29-21(4)38-39(6)22(29)5)32(26)41-16-20(3)40(34(42)33(25)41)17-23-9-12-28(46-23)35(43)44/h9-12,14-15,20H,7-8,13,16-17H2,1-6H3,(H,43,44)/t20-/m1/s1. The van der Waals surface area contributed by atoms with E-state index in [2.05, 4.69) is 9.67 Å². The van der Waals surface area contributed by atoms with Crippen LogP contribution in [0.25, 0.3) is 22.0 Å². The highest BCUT2D eigenvalue weighted by molar-refractivity contribution is 6.35. The van der Waals surface area contributed by atoms with E-state index in [1.807, 2.05) is 70.6 Å². The first-order chi connectivity index (χ1) is 21.9. The van der Waals surface area contributed by atoms with Gasteiger partial charge in [0, 0.05) is 46.9 Å². The van der Waals surface area contributed by atoms with Crippen molar-refractivity contribution in [2.45, 2.75) is 66.6 Å². The molecule has 0 bridgehead atoms. The summed E-state index contributed by atoms with van der Waals surface area (Å²) < 4.78 is 15.6. The van der Waals surface area contributed by atoms with Crippen molar-refractivity contribution < 1.29 is 23.8 Å². The van der Waals surface area contributed by atoms with Crippen LogP contribution in [0, 0.1) is 27.7 Å². The van der Waals surface area contributed by atoms with Crippen LogP contribution < -0.4 is 4.74 Å². The van der Waals surface area contributed by atoms with Gasteiger partial charge in [0.2, 0.25) is 5.76 Å². The Balaban J connectivity index is 1.42. The number of rotatable bonds is 9. The average Bonchev–Trinajstić information content (AvgIpc) is 3.67. The molecule has 4 heterocycles. The van der Waals surface area contributed by atoms with Gasteiger partial charge in [0.15, 0.2) is 0 Å². The van der Waals surface area contributed by atoms with E-state index < -0.39 is 5.97 Å². The molecule has 3 aromatic heterocycles. The number of nitrogens with zero attached hydrogens (tertiary/aromatic N) is 4. The summed E-state index contributed by atoms with van der Waals surface area (Å²) in [4.78, 5) is 27.6. The molecule has 0 saturated carbocycles. The number of aromatic carboxylic acids is 1. The molecule has 9 nitrogen and oxygen atoms in total. The molecule has 6 rings (SSSR count). The Bertz CT molecular complexity index is 2000. The first kappa shape index (κ1) is 31.8. The maximum atomic E-state index is 14.4. The van der Waals surface area contributed by atoms with Crippen LogP contribution in [0.3, 0.4) is 0 Å². The molecule has 0 aliphatic carbocycles. The van der Waals surface area contributed by atoms with Gasteiger partial charge in [-0.15, -0.1) is 0 Å². The number of aryl methyl sites for hydroxylation is 5. The van der Waals surface area contributed by atoms with E-state index in [4.69, 9.17) is 32.4 Å². The average molecular weight is 664 g/mol.